The highest BCUT2D eigenvalue weighted by molar-refractivity contribution is 7.98. The molecular formula is C13H19N3O2S2. The molecule has 5 nitrogen and oxygen atoms in total. The molecule has 1 aromatic rings. The zero-order valence-electron chi connectivity index (χ0n) is 11.6. The van der Waals surface area contributed by atoms with Crippen molar-refractivity contribution in [2.75, 3.05) is 18.6 Å². The van der Waals surface area contributed by atoms with Gasteiger partial charge in [-0.05, 0) is 31.4 Å². The minimum Gasteiger partial charge on any atom is -0.320 e. The van der Waals surface area contributed by atoms with E-state index in [0.29, 0.717) is 5.56 Å². The lowest BCUT2D eigenvalue weighted by molar-refractivity contribution is 0.556. The summed E-state index contributed by atoms with van der Waals surface area (Å²) in [6, 6.07) is 1.38. The Kier molecular flexibility index (Phi) is 7.02. The van der Waals surface area contributed by atoms with Crippen LogP contribution in [-0.2, 0) is 10.0 Å². The molecule has 110 valence electrons. The number of hydrogen-bond donors (Lipinski definition) is 2. The second kappa shape index (κ2) is 8.27. The number of nitrogens with two attached hydrogens (primary N) is 1. The molecule has 1 rings (SSSR count). The van der Waals surface area contributed by atoms with Gasteiger partial charge >= 0.3 is 0 Å². The molecule has 20 heavy (non-hydrogen) atoms. The number of rotatable bonds is 6. The molecule has 1 heterocycles. The maximum absolute atomic E-state index is 12.2. The zero-order valence-corrected chi connectivity index (χ0v) is 13.2. The van der Waals surface area contributed by atoms with Crippen LogP contribution in [0, 0.1) is 11.8 Å². The van der Waals surface area contributed by atoms with Gasteiger partial charge < -0.3 is 5.73 Å². The molecule has 0 fully saturated rings. The Morgan fingerprint density at radius 3 is 2.90 bits per heavy atom. The molecule has 0 saturated heterocycles. The molecule has 0 bridgehead atoms. The minimum atomic E-state index is -3.56. The van der Waals surface area contributed by atoms with E-state index >= 15 is 0 Å². The monoisotopic (exact) mass is 313 g/mol. The van der Waals surface area contributed by atoms with Crippen molar-refractivity contribution in [2.24, 2.45) is 5.73 Å². The molecule has 0 amide bonds. The van der Waals surface area contributed by atoms with Gasteiger partial charge in [0.1, 0.15) is 4.90 Å². The summed E-state index contributed by atoms with van der Waals surface area (Å²) in [5, 5.41) is 0. The second-order valence-electron chi connectivity index (χ2n) is 4.22. The van der Waals surface area contributed by atoms with E-state index in [0.717, 1.165) is 12.2 Å². The van der Waals surface area contributed by atoms with Crippen LogP contribution in [0.15, 0.2) is 23.4 Å². The SMILES string of the molecule is CSCCC(C)NS(=O)(=O)c1cncc(C#CCN)c1. The maximum atomic E-state index is 12.2. The zero-order chi connectivity index (χ0) is 15.0. The molecule has 0 saturated carbocycles. The molecular weight excluding hydrogens is 294 g/mol. The number of pyridine rings is 1. The van der Waals surface area contributed by atoms with Gasteiger partial charge in [0.25, 0.3) is 0 Å². The highest BCUT2D eigenvalue weighted by atomic mass is 32.2. The van der Waals surface area contributed by atoms with Gasteiger partial charge in [0.05, 0.1) is 6.54 Å². The summed E-state index contributed by atoms with van der Waals surface area (Å²) in [4.78, 5) is 4.03. The summed E-state index contributed by atoms with van der Waals surface area (Å²) in [6.07, 6.45) is 5.60. The number of nitrogens with one attached hydrogen (secondary N) is 1. The first-order valence-corrected chi connectivity index (χ1v) is 9.02. The number of thioether (sulfide) groups is 1. The van der Waals surface area contributed by atoms with Gasteiger partial charge in [-0.1, -0.05) is 11.8 Å². The van der Waals surface area contributed by atoms with Gasteiger partial charge in [-0.15, -0.1) is 0 Å². The van der Waals surface area contributed by atoms with Crippen LogP contribution in [0.4, 0.5) is 0 Å². The van der Waals surface area contributed by atoms with Gasteiger partial charge in [0.15, 0.2) is 0 Å². The number of sulfonamides is 1. The highest BCUT2D eigenvalue weighted by Gasteiger charge is 2.17. The van der Waals surface area contributed by atoms with Crippen LogP contribution >= 0.6 is 11.8 Å². The lowest BCUT2D eigenvalue weighted by atomic mass is 10.3. The third kappa shape index (κ3) is 5.51. The summed E-state index contributed by atoms with van der Waals surface area (Å²) in [7, 11) is -3.56. The van der Waals surface area contributed by atoms with Gasteiger partial charge in [0, 0.05) is 24.0 Å². The Labute approximate surface area is 124 Å². The van der Waals surface area contributed by atoms with Gasteiger partial charge in [-0.25, -0.2) is 13.1 Å². The average Bonchev–Trinajstić information content (AvgIpc) is 2.42. The first-order valence-electron chi connectivity index (χ1n) is 6.15. The molecule has 0 aliphatic rings. The van der Waals surface area contributed by atoms with E-state index in [1.54, 1.807) is 11.8 Å². The smallest absolute Gasteiger partial charge is 0.242 e. The van der Waals surface area contributed by atoms with E-state index in [2.05, 4.69) is 21.5 Å². The van der Waals surface area contributed by atoms with Crippen molar-refractivity contribution in [3.8, 4) is 11.8 Å². The fourth-order valence-corrected chi connectivity index (χ4v) is 3.33. The molecule has 0 aliphatic heterocycles. The lowest BCUT2D eigenvalue weighted by Gasteiger charge is -2.13. The maximum Gasteiger partial charge on any atom is 0.242 e. The van der Waals surface area contributed by atoms with Crippen LogP contribution in [0.5, 0.6) is 0 Å². The largest absolute Gasteiger partial charge is 0.320 e. The molecule has 0 aromatic carbocycles. The molecule has 0 radical (unpaired) electrons. The van der Waals surface area contributed by atoms with Crippen LogP contribution in [-0.4, -0.2) is 38.0 Å². The third-order valence-electron chi connectivity index (χ3n) is 2.47. The topological polar surface area (TPSA) is 85.1 Å². The van der Waals surface area contributed by atoms with Crippen LogP contribution in [0.25, 0.3) is 0 Å². The van der Waals surface area contributed by atoms with E-state index in [1.165, 1.54) is 18.5 Å². The van der Waals surface area contributed by atoms with Crippen LogP contribution in [0.3, 0.4) is 0 Å². The fraction of sp³-hybridized carbons (Fsp3) is 0.462. The Hall–Kier alpha value is -1.07. The van der Waals surface area contributed by atoms with Crippen LogP contribution < -0.4 is 10.5 Å². The van der Waals surface area contributed by atoms with Crippen molar-refractivity contribution < 1.29 is 8.42 Å². The van der Waals surface area contributed by atoms with Gasteiger partial charge in [-0.3, -0.25) is 4.98 Å². The minimum absolute atomic E-state index is 0.119. The fourth-order valence-electron chi connectivity index (χ4n) is 1.47. The molecule has 1 atom stereocenters. The normalized spacial score (nSPS) is 12.6. The standard InChI is InChI=1S/C13H19N3O2S2/c1-11(5-7-19-2)16-20(17,18)13-8-12(4-3-6-14)9-15-10-13/h8-11,16H,5-7,14H2,1-2H3. The second-order valence-corrected chi connectivity index (χ2v) is 6.92. The van der Waals surface area contributed by atoms with E-state index in [9.17, 15) is 8.42 Å². The number of hydrogen-bond acceptors (Lipinski definition) is 5. The molecule has 3 N–H and O–H groups in total. The molecule has 0 aliphatic carbocycles. The van der Waals surface area contributed by atoms with Crippen LogP contribution in [0.1, 0.15) is 18.9 Å². The summed E-state index contributed by atoms with van der Waals surface area (Å²) in [5.41, 5.74) is 5.82. The van der Waals surface area contributed by atoms with E-state index in [1.807, 2.05) is 13.2 Å². The number of nitrogens with zero attached hydrogens (tertiary/aromatic N) is 1. The van der Waals surface area contributed by atoms with Gasteiger partial charge in [0.2, 0.25) is 10.0 Å². The van der Waals surface area contributed by atoms with E-state index in [4.69, 9.17) is 5.73 Å². The van der Waals surface area contributed by atoms with E-state index in [-0.39, 0.29) is 17.5 Å². The van der Waals surface area contributed by atoms with Crippen molar-refractivity contribution in [3.05, 3.63) is 24.0 Å². The highest BCUT2D eigenvalue weighted by Crippen LogP contribution is 2.11. The van der Waals surface area contributed by atoms with Crippen molar-refractivity contribution in [3.63, 3.8) is 0 Å². The lowest BCUT2D eigenvalue weighted by Crippen LogP contribution is -2.33. The summed E-state index contributed by atoms with van der Waals surface area (Å²) in [5.74, 6) is 6.35. The Balaban J connectivity index is 2.87. The predicted octanol–water partition coefficient (Wildman–Crippen LogP) is 0.812. The van der Waals surface area contributed by atoms with Gasteiger partial charge in [-0.2, -0.15) is 11.8 Å². The molecule has 1 aromatic heterocycles. The Morgan fingerprint density at radius 1 is 1.50 bits per heavy atom. The Morgan fingerprint density at radius 2 is 2.25 bits per heavy atom. The first kappa shape index (κ1) is 17.0. The summed E-state index contributed by atoms with van der Waals surface area (Å²) < 4.78 is 27.0. The first-order chi connectivity index (χ1) is 9.49. The molecule has 7 heteroatoms. The van der Waals surface area contributed by atoms with Crippen molar-refractivity contribution >= 4 is 21.8 Å². The van der Waals surface area contributed by atoms with Crippen molar-refractivity contribution in [2.45, 2.75) is 24.3 Å². The quantitative estimate of drug-likeness (QED) is 0.759. The Bertz CT molecular complexity index is 591. The summed E-state index contributed by atoms with van der Waals surface area (Å²) >= 11 is 1.69. The predicted molar refractivity (Wildman–Crippen MR) is 83.0 cm³/mol. The summed E-state index contributed by atoms with van der Waals surface area (Å²) in [6.45, 7) is 2.07. The van der Waals surface area contributed by atoms with E-state index < -0.39 is 10.0 Å². The number of aromatic nitrogens is 1. The van der Waals surface area contributed by atoms with Crippen molar-refractivity contribution in [1.29, 1.82) is 0 Å². The van der Waals surface area contributed by atoms with Crippen LogP contribution in [0.2, 0.25) is 0 Å². The van der Waals surface area contributed by atoms with Crippen molar-refractivity contribution in [1.82, 2.24) is 9.71 Å². The molecule has 0 spiro atoms. The third-order valence-corrected chi connectivity index (χ3v) is 4.67. The average molecular weight is 313 g/mol. The molecule has 1 unspecified atom stereocenters.